The van der Waals surface area contributed by atoms with E-state index in [-0.39, 0.29) is 17.2 Å². The van der Waals surface area contributed by atoms with Gasteiger partial charge in [-0.3, -0.25) is 4.79 Å². The number of aromatic hydroxyl groups is 1. The normalized spacial score (nSPS) is 12.2. The fourth-order valence-corrected chi connectivity index (χ4v) is 3.51. The third kappa shape index (κ3) is 4.76. The van der Waals surface area contributed by atoms with Gasteiger partial charge in [0.1, 0.15) is 11.8 Å². The largest absolute Gasteiger partial charge is 0.506 e. The fourth-order valence-electron chi connectivity index (χ4n) is 1.67. The molecule has 0 heterocycles. The monoisotopic (exact) mass is 503 g/mol. The maximum Gasteiger partial charge on any atom is 0.326 e. The van der Waals surface area contributed by atoms with Crippen LogP contribution in [0.25, 0.3) is 0 Å². The van der Waals surface area contributed by atoms with Gasteiger partial charge in [-0.25, -0.2) is 4.79 Å². The number of halogens is 2. The Morgan fingerprint density at radius 2 is 1.90 bits per heavy atom. The highest BCUT2D eigenvalue weighted by atomic mass is 127. The lowest BCUT2D eigenvalue weighted by molar-refractivity contribution is -0.139. The van der Waals surface area contributed by atoms with Crippen LogP contribution in [0.5, 0.6) is 5.75 Å². The minimum absolute atomic E-state index is 0.0938. The second-order valence-corrected chi connectivity index (χ2v) is 7.19. The molecule has 3 N–H and O–H groups in total. The Kier molecular flexibility index (Phi) is 6.49. The number of phenols is 1. The minimum atomic E-state index is -1.08. The average Bonchev–Trinajstić information content (AvgIpc) is 2.32. The van der Waals surface area contributed by atoms with Gasteiger partial charge in [-0.15, -0.1) is 0 Å². The van der Waals surface area contributed by atoms with Gasteiger partial charge in [0.25, 0.3) is 5.91 Å². The van der Waals surface area contributed by atoms with Crippen molar-refractivity contribution in [3.8, 4) is 5.75 Å². The Labute approximate surface area is 144 Å². The molecule has 1 atom stereocenters. The van der Waals surface area contributed by atoms with Crippen molar-refractivity contribution in [2.75, 3.05) is 0 Å². The van der Waals surface area contributed by atoms with Crippen molar-refractivity contribution < 1.29 is 19.8 Å². The average molecular weight is 503 g/mol. The number of rotatable bonds is 5. The Balaban J connectivity index is 2.97. The first-order valence-electron chi connectivity index (χ1n) is 5.94. The van der Waals surface area contributed by atoms with E-state index in [2.05, 4.69) is 5.32 Å². The number of phenolic OH excluding ortho intramolecular Hbond substituents is 1. The van der Waals surface area contributed by atoms with Crippen LogP contribution in [0.4, 0.5) is 0 Å². The smallest absolute Gasteiger partial charge is 0.326 e. The SMILES string of the molecule is CC(C)C[C@@H](NC(=O)c1cc(I)cc(I)c1O)C(=O)O. The molecule has 0 aromatic heterocycles. The van der Waals surface area contributed by atoms with E-state index in [1.807, 2.05) is 59.0 Å². The van der Waals surface area contributed by atoms with Gasteiger partial charge in [-0.1, -0.05) is 13.8 Å². The van der Waals surface area contributed by atoms with Crippen molar-refractivity contribution in [2.45, 2.75) is 26.3 Å². The molecule has 110 valence electrons. The number of nitrogens with one attached hydrogen (secondary N) is 1. The van der Waals surface area contributed by atoms with Crippen molar-refractivity contribution in [3.05, 3.63) is 24.8 Å². The van der Waals surface area contributed by atoms with E-state index in [1.165, 1.54) is 6.07 Å². The molecule has 0 aliphatic rings. The molecule has 0 fully saturated rings. The van der Waals surface area contributed by atoms with Gasteiger partial charge >= 0.3 is 5.97 Å². The van der Waals surface area contributed by atoms with Gasteiger partial charge < -0.3 is 15.5 Å². The summed E-state index contributed by atoms with van der Waals surface area (Å²) in [7, 11) is 0. The molecular weight excluding hydrogens is 488 g/mol. The third-order valence-corrected chi connectivity index (χ3v) is 4.03. The van der Waals surface area contributed by atoms with E-state index in [1.54, 1.807) is 6.07 Å². The number of amides is 1. The van der Waals surface area contributed by atoms with Crippen LogP contribution in [0, 0.1) is 13.1 Å². The molecule has 1 rings (SSSR count). The molecule has 0 spiro atoms. The van der Waals surface area contributed by atoms with Crippen LogP contribution >= 0.6 is 45.2 Å². The molecule has 0 radical (unpaired) electrons. The van der Waals surface area contributed by atoms with Gasteiger partial charge in [0.15, 0.2) is 0 Å². The summed E-state index contributed by atoms with van der Waals surface area (Å²) >= 11 is 3.96. The van der Waals surface area contributed by atoms with Gasteiger partial charge in [-0.05, 0) is 69.7 Å². The summed E-state index contributed by atoms with van der Waals surface area (Å²) < 4.78 is 1.35. The lowest BCUT2D eigenvalue weighted by Gasteiger charge is -2.17. The van der Waals surface area contributed by atoms with Gasteiger partial charge in [-0.2, -0.15) is 0 Å². The van der Waals surface area contributed by atoms with Gasteiger partial charge in [0.05, 0.1) is 9.13 Å². The molecule has 0 unspecified atom stereocenters. The van der Waals surface area contributed by atoms with Gasteiger partial charge in [0.2, 0.25) is 0 Å². The number of carbonyl (C=O) groups is 2. The number of carbonyl (C=O) groups excluding carboxylic acids is 1. The van der Waals surface area contributed by atoms with Crippen LogP contribution in [0.1, 0.15) is 30.6 Å². The highest BCUT2D eigenvalue weighted by molar-refractivity contribution is 14.1. The third-order valence-electron chi connectivity index (χ3n) is 2.58. The number of hydrogen-bond acceptors (Lipinski definition) is 3. The predicted molar refractivity (Wildman–Crippen MR) is 91.9 cm³/mol. The fraction of sp³-hybridized carbons (Fsp3) is 0.385. The van der Waals surface area contributed by atoms with Crippen molar-refractivity contribution in [3.63, 3.8) is 0 Å². The molecule has 1 amide bonds. The van der Waals surface area contributed by atoms with Crippen LogP contribution in [0.2, 0.25) is 0 Å². The van der Waals surface area contributed by atoms with Crippen LogP contribution in [0.15, 0.2) is 12.1 Å². The number of aliphatic carboxylic acids is 1. The molecule has 0 aliphatic carbocycles. The molecule has 5 nitrogen and oxygen atoms in total. The minimum Gasteiger partial charge on any atom is -0.506 e. The summed E-state index contributed by atoms with van der Waals surface area (Å²) in [5, 5.41) is 21.5. The molecule has 1 aromatic rings. The summed E-state index contributed by atoms with van der Waals surface area (Å²) in [5.41, 5.74) is 0.0938. The second-order valence-electron chi connectivity index (χ2n) is 4.78. The zero-order valence-corrected chi connectivity index (χ0v) is 15.3. The van der Waals surface area contributed by atoms with E-state index in [0.717, 1.165) is 3.57 Å². The Hall–Kier alpha value is -0.580. The van der Waals surface area contributed by atoms with E-state index in [9.17, 15) is 14.7 Å². The number of carboxylic acid groups (broad SMARTS) is 1. The zero-order chi connectivity index (χ0) is 15.4. The van der Waals surface area contributed by atoms with Gasteiger partial charge in [0, 0.05) is 3.57 Å². The quantitative estimate of drug-likeness (QED) is 0.540. The Morgan fingerprint density at radius 1 is 1.30 bits per heavy atom. The maximum atomic E-state index is 12.1. The van der Waals surface area contributed by atoms with Crippen LogP contribution in [-0.2, 0) is 4.79 Å². The predicted octanol–water partition coefficient (Wildman–Crippen LogP) is 2.83. The molecule has 1 aromatic carbocycles. The highest BCUT2D eigenvalue weighted by Crippen LogP contribution is 2.27. The zero-order valence-electron chi connectivity index (χ0n) is 11.0. The summed E-state index contributed by atoms with van der Waals surface area (Å²) in [6.07, 6.45) is 0.336. The van der Waals surface area contributed by atoms with Crippen LogP contribution in [-0.4, -0.2) is 28.1 Å². The maximum absolute atomic E-state index is 12.1. The Morgan fingerprint density at radius 3 is 2.40 bits per heavy atom. The number of benzene rings is 1. The number of carboxylic acids is 1. The molecule has 7 heteroatoms. The van der Waals surface area contributed by atoms with Crippen molar-refractivity contribution >= 4 is 57.1 Å². The van der Waals surface area contributed by atoms with Crippen molar-refractivity contribution in [2.24, 2.45) is 5.92 Å². The molecule has 0 bridgehead atoms. The molecule has 0 saturated heterocycles. The van der Waals surface area contributed by atoms with Crippen molar-refractivity contribution in [1.29, 1.82) is 0 Å². The first kappa shape index (κ1) is 17.5. The molecular formula is C13H15I2NO4. The lowest BCUT2D eigenvalue weighted by atomic mass is 10.0. The molecule has 0 aliphatic heterocycles. The summed E-state index contributed by atoms with van der Waals surface area (Å²) in [6, 6.07) is 2.30. The molecule has 20 heavy (non-hydrogen) atoms. The molecule has 0 saturated carbocycles. The lowest BCUT2D eigenvalue weighted by Crippen LogP contribution is -2.41. The first-order chi connectivity index (χ1) is 9.22. The Bertz CT molecular complexity index is 531. The summed E-state index contributed by atoms with van der Waals surface area (Å²) in [4.78, 5) is 23.3. The second kappa shape index (κ2) is 7.43. The van der Waals surface area contributed by atoms with E-state index < -0.39 is 17.9 Å². The van der Waals surface area contributed by atoms with E-state index in [4.69, 9.17) is 5.11 Å². The number of hydrogen-bond donors (Lipinski definition) is 3. The summed E-state index contributed by atoms with van der Waals surface area (Å²) in [5.74, 6) is -1.64. The summed E-state index contributed by atoms with van der Waals surface area (Å²) in [6.45, 7) is 3.77. The standard InChI is InChI=1S/C13H15I2NO4/c1-6(2)3-10(13(19)20)16-12(18)8-4-7(14)5-9(15)11(8)17/h4-6,10,17H,3H2,1-2H3,(H,16,18)(H,19,20)/t10-/m1/s1. The van der Waals surface area contributed by atoms with Crippen molar-refractivity contribution in [1.82, 2.24) is 5.32 Å². The van der Waals surface area contributed by atoms with E-state index in [0.29, 0.717) is 9.99 Å². The first-order valence-corrected chi connectivity index (χ1v) is 8.09. The highest BCUT2D eigenvalue weighted by Gasteiger charge is 2.23. The van der Waals surface area contributed by atoms with E-state index >= 15 is 0 Å². The topological polar surface area (TPSA) is 86.6 Å². The van der Waals surface area contributed by atoms with Crippen LogP contribution in [0.3, 0.4) is 0 Å². The van der Waals surface area contributed by atoms with Crippen LogP contribution < -0.4 is 5.32 Å².